The van der Waals surface area contributed by atoms with Gasteiger partial charge in [-0.3, -0.25) is 19.6 Å². The van der Waals surface area contributed by atoms with Gasteiger partial charge in [-0.25, -0.2) is 0 Å². The molecule has 1 saturated carbocycles. The highest BCUT2D eigenvalue weighted by atomic mass is 16.1. The standard InChI is InChI=1S/C15H15N3O2/c19-11-6-4-10(5-7-11)18-15(20)12-2-1-3-13-14(12)17-9-8-16-13/h1-3,8-10H,4-7H2,(H,18,20). The molecular weight excluding hydrogens is 254 g/mol. The summed E-state index contributed by atoms with van der Waals surface area (Å²) in [6.07, 6.45) is 5.75. The Bertz CT molecular complexity index is 654. The van der Waals surface area contributed by atoms with Crippen molar-refractivity contribution in [2.45, 2.75) is 31.7 Å². The highest BCUT2D eigenvalue weighted by Gasteiger charge is 2.21. The minimum Gasteiger partial charge on any atom is -0.349 e. The zero-order chi connectivity index (χ0) is 13.9. The number of hydrogen-bond acceptors (Lipinski definition) is 4. The number of carbonyl (C=O) groups excluding carboxylic acids is 2. The molecule has 2 aromatic rings. The maximum absolute atomic E-state index is 12.3. The van der Waals surface area contributed by atoms with E-state index in [0.29, 0.717) is 29.4 Å². The Hall–Kier alpha value is -2.30. The van der Waals surface area contributed by atoms with Gasteiger partial charge < -0.3 is 5.32 Å². The lowest BCUT2D eigenvalue weighted by Crippen LogP contribution is -2.37. The Kier molecular flexibility index (Phi) is 3.41. The molecule has 0 bridgehead atoms. The van der Waals surface area contributed by atoms with Crippen molar-refractivity contribution in [2.24, 2.45) is 0 Å². The van der Waals surface area contributed by atoms with Gasteiger partial charge in [-0.2, -0.15) is 0 Å². The van der Waals surface area contributed by atoms with Crippen molar-refractivity contribution in [1.29, 1.82) is 0 Å². The second kappa shape index (κ2) is 5.36. The number of ketones is 1. The first-order valence-electron chi connectivity index (χ1n) is 6.76. The van der Waals surface area contributed by atoms with Crippen molar-refractivity contribution in [1.82, 2.24) is 15.3 Å². The van der Waals surface area contributed by atoms with E-state index < -0.39 is 0 Å². The number of nitrogens with zero attached hydrogens (tertiary/aromatic N) is 2. The van der Waals surface area contributed by atoms with Crippen LogP contribution in [0.2, 0.25) is 0 Å². The maximum Gasteiger partial charge on any atom is 0.253 e. The van der Waals surface area contributed by atoms with Gasteiger partial charge in [0.1, 0.15) is 11.3 Å². The van der Waals surface area contributed by atoms with Gasteiger partial charge in [0.2, 0.25) is 0 Å². The summed E-state index contributed by atoms with van der Waals surface area (Å²) in [5, 5.41) is 2.99. The van der Waals surface area contributed by atoms with Crippen molar-refractivity contribution in [3.05, 3.63) is 36.2 Å². The first-order valence-corrected chi connectivity index (χ1v) is 6.76. The largest absolute Gasteiger partial charge is 0.349 e. The normalized spacial score (nSPS) is 16.3. The number of rotatable bonds is 2. The molecule has 0 aliphatic heterocycles. The van der Waals surface area contributed by atoms with Gasteiger partial charge in [0.25, 0.3) is 5.91 Å². The van der Waals surface area contributed by atoms with Crippen molar-refractivity contribution < 1.29 is 9.59 Å². The van der Waals surface area contributed by atoms with Crippen molar-refractivity contribution in [3.63, 3.8) is 0 Å². The summed E-state index contributed by atoms with van der Waals surface area (Å²) in [6, 6.07) is 5.46. The van der Waals surface area contributed by atoms with Gasteiger partial charge >= 0.3 is 0 Å². The highest BCUT2D eigenvalue weighted by Crippen LogP contribution is 2.17. The third-order valence-corrected chi connectivity index (χ3v) is 3.62. The predicted octanol–water partition coefficient (Wildman–Crippen LogP) is 1.87. The Morgan fingerprint density at radius 2 is 1.90 bits per heavy atom. The Morgan fingerprint density at radius 1 is 1.15 bits per heavy atom. The topological polar surface area (TPSA) is 72.0 Å². The van der Waals surface area contributed by atoms with E-state index in [-0.39, 0.29) is 17.7 Å². The van der Waals surface area contributed by atoms with Crippen LogP contribution in [0.15, 0.2) is 30.6 Å². The molecule has 1 fully saturated rings. The third-order valence-electron chi connectivity index (χ3n) is 3.62. The molecule has 0 atom stereocenters. The summed E-state index contributed by atoms with van der Waals surface area (Å²) in [4.78, 5) is 32.0. The fraction of sp³-hybridized carbons (Fsp3) is 0.333. The van der Waals surface area contributed by atoms with Gasteiger partial charge in [-0.1, -0.05) is 6.07 Å². The minimum atomic E-state index is -0.143. The molecule has 0 spiro atoms. The van der Waals surface area contributed by atoms with Crippen LogP contribution in [-0.2, 0) is 4.79 Å². The molecule has 0 saturated heterocycles. The van der Waals surface area contributed by atoms with Crippen molar-refractivity contribution >= 4 is 22.7 Å². The van der Waals surface area contributed by atoms with Gasteiger partial charge in [0, 0.05) is 31.3 Å². The van der Waals surface area contributed by atoms with Crippen molar-refractivity contribution in [2.75, 3.05) is 0 Å². The predicted molar refractivity (Wildman–Crippen MR) is 74.3 cm³/mol. The zero-order valence-corrected chi connectivity index (χ0v) is 11.0. The fourth-order valence-electron chi connectivity index (χ4n) is 2.52. The Balaban J connectivity index is 1.80. The smallest absolute Gasteiger partial charge is 0.253 e. The number of nitrogens with one attached hydrogen (secondary N) is 1. The molecule has 102 valence electrons. The van der Waals surface area contributed by atoms with E-state index in [2.05, 4.69) is 15.3 Å². The van der Waals surface area contributed by atoms with Crippen LogP contribution in [0, 0.1) is 0 Å². The molecule has 0 unspecified atom stereocenters. The summed E-state index contributed by atoms with van der Waals surface area (Å²) in [5.74, 6) is 0.141. The average molecular weight is 269 g/mol. The van der Waals surface area contributed by atoms with Crippen LogP contribution in [-0.4, -0.2) is 27.7 Å². The summed E-state index contributed by atoms with van der Waals surface area (Å²) < 4.78 is 0. The Labute approximate surface area is 116 Å². The minimum absolute atomic E-state index is 0.0760. The van der Waals surface area contributed by atoms with Crippen molar-refractivity contribution in [3.8, 4) is 0 Å². The van der Waals surface area contributed by atoms with Crippen LogP contribution < -0.4 is 5.32 Å². The first kappa shape index (κ1) is 12.7. The summed E-state index contributed by atoms with van der Waals surface area (Å²) in [6.45, 7) is 0. The SMILES string of the molecule is O=C1CCC(NC(=O)c2cccc3nccnc23)CC1. The number of aromatic nitrogens is 2. The van der Waals surface area contributed by atoms with E-state index in [1.165, 1.54) is 0 Å². The van der Waals surface area contributed by atoms with Crippen LogP contribution in [0.1, 0.15) is 36.0 Å². The first-order chi connectivity index (χ1) is 9.74. The lowest BCUT2D eigenvalue weighted by molar-refractivity contribution is -0.120. The Morgan fingerprint density at radius 3 is 2.70 bits per heavy atom. The highest BCUT2D eigenvalue weighted by molar-refractivity contribution is 6.04. The number of benzene rings is 1. The van der Waals surface area contributed by atoms with Crippen LogP contribution in [0.3, 0.4) is 0 Å². The quantitative estimate of drug-likeness (QED) is 0.903. The van der Waals surface area contributed by atoms with E-state index in [9.17, 15) is 9.59 Å². The van der Waals surface area contributed by atoms with Crippen LogP contribution in [0.25, 0.3) is 11.0 Å². The number of amides is 1. The van der Waals surface area contributed by atoms with E-state index >= 15 is 0 Å². The monoisotopic (exact) mass is 269 g/mol. The maximum atomic E-state index is 12.3. The van der Waals surface area contributed by atoms with Crippen LogP contribution >= 0.6 is 0 Å². The van der Waals surface area contributed by atoms with Crippen LogP contribution in [0.4, 0.5) is 0 Å². The lowest BCUT2D eigenvalue weighted by Gasteiger charge is -2.22. The molecule has 0 radical (unpaired) electrons. The molecule has 1 aliphatic carbocycles. The molecule has 1 amide bonds. The van der Waals surface area contributed by atoms with E-state index in [1.807, 2.05) is 6.07 Å². The number of fused-ring (bicyclic) bond motifs is 1. The lowest BCUT2D eigenvalue weighted by atomic mass is 9.94. The van der Waals surface area contributed by atoms with Gasteiger partial charge in [-0.05, 0) is 25.0 Å². The van der Waals surface area contributed by atoms with E-state index in [4.69, 9.17) is 0 Å². The second-order valence-corrected chi connectivity index (χ2v) is 5.02. The third kappa shape index (κ3) is 2.52. The molecule has 1 heterocycles. The molecule has 1 N–H and O–H groups in total. The molecular formula is C15H15N3O2. The molecule has 20 heavy (non-hydrogen) atoms. The van der Waals surface area contributed by atoms with Gasteiger partial charge in [0.05, 0.1) is 11.1 Å². The second-order valence-electron chi connectivity index (χ2n) is 5.02. The molecule has 5 nitrogen and oxygen atoms in total. The number of para-hydroxylation sites is 1. The van der Waals surface area contributed by atoms with Gasteiger partial charge in [0.15, 0.2) is 0 Å². The van der Waals surface area contributed by atoms with Gasteiger partial charge in [-0.15, -0.1) is 0 Å². The zero-order valence-electron chi connectivity index (χ0n) is 11.0. The average Bonchev–Trinajstić information content (AvgIpc) is 2.49. The molecule has 1 aromatic carbocycles. The molecule has 1 aliphatic rings. The number of carbonyl (C=O) groups is 2. The summed E-state index contributed by atoms with van der Waals surface area (Å²) >= 11 is 0. The van der Waals surface area contributed by atoms with E-state index in [1.54, 1.807) is 24.5 Å². The summed E-state index contributed by atoms with van der Waals surface area (Å²) in [7, 11) is 0. The fourth-order valence-corrected chi connectivity index (χ4v) is 2.52. The summed E-state index contributed by atoms with van der Waals surface area (Å²) in [5.41, 5.74) is 1.85. The molecule has 1 aromatic heterocycles. The van der Waals surface area contributed by atoms with Crippen LogP contribution in [0.5, 0.6) is 0 Å². The van der Waals surface area contributed by atoms with E-state index in [0.717, 1.165) is 12.8 Å². The molecule has 3 rings (SSSR count). The number of hydrogen-bond donors (Lipinski definition) is 1. The molecule has 5 heteroatoms. The number of Topliss-reactive ketones (excluding diaryl/α,β-unsaturated/α-hetero) is 1.